The zero-order valence-corrected chi connectivity index (χ0v) is 15.4. The fraction of sp³-hybridized carbons (Fsp3) is 0.400. The molecule has 1 aromatic carbocycles. The van der Waals surface area contributed by atoms with Crippen LogP contribution in [0.1, 0.15) is 30.4 Å². The Morgan fingerprint density at radius 2 is 2.00 bits per heavy atom. The fourth-order valence-corrected chi connectivity index (χ4v) is 3.79. The van der Waals surface area contributed by atoms with E-state index in [4.69, 9.17) is 4.42 Å². The van der Waals surface area contributed by atoms with Crippen molar-refractivity contribution < 1.29 is 9.21 Å². The van der Waals surface area contributed by atoms with Crippen LogP contribution in [-0.4, -0.2) is 40.1 Å². The van der Waals surface area contributed by atoms with Crippen LogP contribution in [0.15, 0.2) is 45.6 Å². The summed E-state index contributed by atoms with van der Waals surface area (Å²) in [4.78, 5) is 29.4. The number of carbonyl (C=O) groups excluding carboxylic acids is 1. The minimum atomic E-state index is -0.0761. The molecule has 1 aliphatic heterocycles. The summed E-state index contributed by atoms with van der Waals surface area (Å²) in [6.45, 7) is 3.74. The quantitative estimate of drug-likeness (QED) is 0.743. The Labute approximate surface area is 157 Å². The molecule has 7 heteroatoms. The number of furan rings is 1. The van der Waals surface area contributed by atoms with Crippen LogP contribution >= 0.6 is 0 Å². The summed E-state index contributed by atoms with van der Waals surface area (Å²) in [5.74, 6) is 1.76. The van der Waals surface area contributed by atoms with Crippen LogP contribution in [0, 0.1) is 6.92 Å². The molecule has 1 aliphatic rings. The molecule has 1 fully saturated rings. The molecule has 27 heavy (non-hydrogen) atoms. The maximum Gasteiger partial charge on any atom is 0.326 e. The number of aromatic nitrogens is 2. The molecule has 0 radical (unpaired) electrons. The number of nitrogens with one attached hydrogen (secondary N) is 2. The second kappa shape index (κ2) is 7.34. The maximum atomic E-state index is 12.4. The number of hydrogen-bond donors (Lipinski definition) is 2. The lowest BCUT2D eigenvalue weighted by Gasteiger charge is -2.32. The van der Waals surface area contributed by atoms with Crippen molar-refractivity contribution >= 4 is 17.1 Å². The minimum absolute atomic E-state index is 0.0528. The zero-order valence-electron chi connectivity index (χ0n) is 15.4. The molecule has 4 rings (SSSR count). The number of likely N-dealkylation sites (tertiary alicyclic amines) is 1. The van der Waals surface area contributed by atoms with E-state index >= 15 is 0 Å². The molecule has 2 N–H and O–H groups in total. The van der Waals surface area contributed by atoms with Gasteiger partial charge in [-0.05, 0) is 44.0 Å². The minimum Gasteiger partial charge on any atom is -0.466 e. The molecule has 0 saturated carbocycles. The number of aryl methyl sites for hydroxylation is 1. The van der Waals surface area contributed by atoms with Crippen molar-refractivity contribution in [2.24, 2.45) is 0 Å². The van der Waals surface area contributed by atoms with E-state index in [9.17, 15) is 9.59 Å². The molecule has 3 aromatic rings. The van der Waals surface area contributed by atoms with E-state index in [1.807, 2.05) is 52.8 Å². The molecular formula is C20H24N4O3. The van der Waals surface area contributed by atoms with Gasteiger partial charge in [-0.15, -0.1) is 0 Å². The number of rotatable bonds is 4. The van der Waals surface area contributed by atoms with E-state index in [2.05, 4.69) is 10.3 Å². The molecule has 142 valence electrons. The van der Waals surface area contributed by atoms with Gasteiger partial charge >= 0.3 is 11.7 Å². The number of hydrogen-bond acceptors (Lipinski definition) is 3. The Morgan fingerprint density at radius 3 is 2.74 bits per heavy atom. The van der Waals surface area contributed by atoms with Gasteiger partial charge in [-0.3, -0.25) is 4.57 Å². The topological polar surface area (TPSA) is 83.3 Å². The van der Waals surface area contributed by atoms with Crippen molar-refractivity contribution in [1.82, 2.24) is 19.8 Å². The SMILES string of the molecule is Cc1ccc(CCNC(=O)N2CCC(n3c(=O)[nH]c4ccccc43)CC2)o1. The smallest absolute Gasteiger partial charge is 0.326 e. The average Bonchev–Trinajstić information content (AvgIpc) is 3.23. The molecule has 1 saturated heterocycles. The Kier molecular flexibility index (Phi) is 4.75. The van der Waals surface area contributed by atoms with Gasteiger partial charge in [0.05, 0.1) is 11.0 Å². The van der Waals surface area contributed by atoms with E-state index in [-0.39, 0.29) is 17.8 Å². The number of benzene rings is 1. The highest BCUT2D eigenvalue weighted by Crippen LogP contribution is 2.24. The predicted molar refractivity (Wildman–Crippen MR) is 103 cm³/mol. The molecule has 0 aliphatic carbocycles. The van der Waals surface area contributed by atoms with E-state index < -0.39 is 0 Å². The lowest BCUT2D eigenvalue weighted by molar-refractivity contribution is 0.172. The van der Waals surface area contributed by atoms with Gasteiger partial charge in [0.1, 0.15) is 11.5 Å². The van der Waals surface area contributed by atoms with E-state index in [1.165, 1.54) is 0 Å². The third kappa shape index (κ3) is 3.63. The lowest BCUT2D eigenvalue weighted by Crippen LogP contribution is -2.45. The number of amides is 2. The van der Waals surface area contributed by atoms with Crippen LogP contribution in [0.3, 0.4) is 0 Å². The lowest BCUT2D eigenvalue weighted by atomic mass is 10.0. The monoisotopic (exact) mass is 368 g/mol. The second-order valence-electron chi connectivity index (χ2n) is 7.03. The third-order valence-corrected chi connectivity index (χ3v) is 5.18. The van der Waals surface area contributed by atoms with Crippen LogP contribution in [-0.2, 0) is 6.42 Å². The summed E-state index contributed by atoms with van der Waals surface area (Å²) in [6.07, 6.45) is 2.22. The highest BCUT2D eigenvalue weighted by Gasteiger charge is 2.25. The second-order valence-corrected chi connectivity index (χ2v) is 7.03. The first-order chi connectivity index (χ1) is 13.1. The number of H-pyrrole nitrogens is 1. The van der Waals surface area contributed by atoms with Crippen LogP contribution in [0.4, 0.5) is 4.79 Å². The van der Waals surface area contributed by atoms with E-state index in [0.29, 0.717) is 26.1 Å². The Hall–Kier alpha value is -2.96. The number of urea groups is 1. The van der Waals surface area contributed by atoms with Crippen LogP contribution < -0.4 is 11.0 Å². The molecule has 0 bridgehead atoms. The average molecular weight is 368 g/mol. The molecule has 0 unspecified atom stereocenters. The van der Waals surface area contributed by atoms with Crippen LogP contribution in [0.2, 0.25) is 0 Å². The van der Waals surface area contributed by atoms with Gasteiger partial charge in [0.25, 0.3) is 0 Å². The van der Waals surface area contributed by atoms with Gasteiger partial charge in [-0.2, -0.15) is 0 Å². The van der Waals surface area contributed by atoms with Gasteiger partial charge in [0.15, 0.2) is 0 Å². The normalized spacial score (nSPS) is 15.4. The molecule has 0 spiro atoms. The first kappa shape index (κ1) is 17.5. The first-order valence-electron chi connectivity index (χ1n) is 9.39. The maximum absolute atomic E-state index is 12.4. The highest BCUT2D eigenvalue weighted by atomic mass is 16.3. The van der Waals surface area contributed by atoms with Crippen molar-refractivity contribution in [3.05, 3.63) is 58.4 Å². The highest BCUT2D eigenvalue weighted by molar-refractivity contribution is 5.75. The number of nitrogens with zero attached hydrogens (tertiary/aromatic N) is 2. The van der Waals surface area contributed by atoms with Crippen LogP contribution in [0.5, 0.6) is 0 Å². The van der Waals surface area contributed by atoms with Gasteiger partial charge in [-0.1, -0.05) is 12.1 Å². The summed E-state index contributed by atoms with van der Waals surface area (Å²) in [7, 11) is 0. The molecule has 0 atom stereocenters. The zero-order chi connectivity index (χ0) is 18.8. The van der Waals surface area contributed by atoms with Gasteiger partial charge in [-0.25, -0.2) is 9.59 Å². The molecule has 2 aromatic heterocycles. The number of fused-ring (bicyclic) bond motifs is 1. The predicted octanol–water partition coefficient (Wildman–Crippen LogP) is 2.82. The van der Waals surface area contributed by atoms with Crippen molar-refractivity contribution in [3.63, 3.8) is 0 Å². The summed E-state index contributed by atoms with van der Waals surface area (Å²) in [5, 5.41) is 2.95. The summed E-state index contributed by atoms with van der Waals surface area (Å²) < 4.78 is 7.35. The summed E-state index contributed by atoms with van der Waals surface area (Å²) in [5.41, 5.74) is 1.71. The Balaban J connectivity index is 1.32. The summed E-state index contributed by atoms with van der Waals surface area (Å²) >= 11 is 0. The summed E-state index contributed by atoms with van der Waals surface area (Å²) in [6, 6.07) is 11.7. The molecule has 2 amide bonds. The molecule has 7 nitrogen and oxygen atoms in total. The van der Waals surface area contributed by atoms with E-state index in [1.54, 1.807) is 0 Å². The molecule has 3 heterocycles. The number of carbonyl (C=O) groups is 1. The first-order valence-corrected chi connectivity index (χ1v) is 9.39. The molecular weight excluding hydrogens is 344 g/mol. The number of aromatic amines is 1. The van der Waals surface area contributed by atoms with Gasteiger partial charge in [0, 0.05) is 32.1 Å². The number of imidazole rings is 1. The van der Waals surface area contributed by atoms with Gasteiger partial charge in [0.2, 0.25) is 0 Å². The fourth-order valence-electron chi connectivity index (χ4n) is 3.79. The van der Waals surface area contributed by atoms with Crippen molar-refractivity contribution in [3.8, 4) is 0 Å². The van der Waals surface area contributed by atoms with Crippen molar-refractivity contribution in [1.29, 1.82) is 0 Å². The van der Waals surface area contributed by atoms with Crippen LogP contribution in [0.25, 0.3) is 11.0 Å². The Bertz CT molecular complexity index is 992. The van der Waals surface area contributed by atoms with Gasteiger partial charge < -0.3 is 19.6 Å². The largest absolute Gasteiger partial charge is 0.466 e. The number of para-hydroxylation sites is 2. The van der Waals surface area contributed by atoms with Crippen molar-refractivity contribution in [2.75, 3.05) is 19.6 Å². The standard InChI is InChI=1S/C20H24N4O3/c1-14-6-7-16(27-14)8-11-21-19(25)23-12-9-15(10-13-23)24-18-5-3-2-4-17(18)22-20(24)26/h2-7,15H,8-13H2,1H3,(H,21,25)(H,22,26). The van der Waals surface area contributed by atoms with E-state index in [0.717, 1.165) is 35.4 Å². The van der Waals surface area contributed by atoms with Crippen molar-refractivity contribution in [2.45, 2.75) is 32.2 Å². The third-order valence-electron chi connectivity index (χ3n) is 5.18. The number of piperidine rings is 1. The Morgan fingerprint density at radius 1 is 1.22 bits per heavy atom.